The predicted octanol–water partition coefficient (Wildman–Crippen LogP) is 0.0466. The fourth-order valence-corrected chi connectivity index (χ4v) is 2.02. The Morgan fingerprint density at radius 2 is 2.27 bits per heavy atom. The Hall–Kier alpha value is -0.940. The molecule has 1 aromatic rings. The molecule has 0 spiro atoms. The van der Waals surface area contributed by atoms with Gasteiger partial charge in [-0.25, -0.2) is 0 Å². The molecule has 0 aliphatic carbocycles. The van der Waals surface area contributed by atoms with E-state index in [1.165, 1.54) is 6.42 Å². The van der Waals surface area contributed by atoms with Gasteiger partial charge < -0.3 is 10.3 Å². The van der Waals surface area contributed by atoms with Gasteiger partial charge in [-0.15, -0.1) is 10.2 Å². The molecule has 0 amide bonds. The van der Waals surface area contributed by atoms with Gasteiger partial charge in [0.05, 0.1) is 6.54 Å². The van der Waals surface area contributed by atoms with Gasteiger partial charge >= 0.3 is 0 Å². The van der Waals surface area contributed by atoms with Crippen LogP contribution >= 0.6 is 0 Å². The number of piperidine rings is 1. The van der Waals surface area contributed by atoms with E-state index in [0.29, 0.717) is 6.04 Å². The van der Waals surface area contributed by atoms with Crippen molar-refractivity contribution in [3.8, 4) is 0 Å². The zero-order valence-electron chi connectivity index (χ0n) is 9.48. The molecule has 2 heterocycles. The number of hydrogen-bond acceptors (Lipinski definition) is 4. The van der Waals surface area contributed by atoms with Crippen molar-refractivity contribution >= 4 is 0 Å². The van der Waals surface area contributed by atoms with Crippen LogP contribution in [-0.2, 0) is 13.6 Å². The standard InChI is InChI=1S/C10H19N5/c1-8-12-13-10(14(8)2)7-15-5-3-4-9(11)6-15/h9H,3-7,11H2,1-2H3. The minimum atomic E-state index is 0.327. The van der Waals surface area contributed by atoms with Crippen LogP contribution in [0.2, 0.25) is 0 Å². The van der Waals surface area contributed by atoms with Gasteiger partial charge in [0.25, 0.3) is 0 Å². The summed E-state index contributed by atoms with van der Waals surface area (Å²) in [6, 6.07) is 0.327. The van der Waals surface area contributed by atoms with Crippen LogP contribution < -0.4 is 5.73 Å². The second kappa shape index (κ2) is 4.28. The van der Waals surface area contributed by atoms with E-state index in [9.17, 15) is 0 Å². The van der Waals surface area contributed by atoms with Crippen LogP contribution in [0.4, 0.5) is 0 Å². The average molecular weight is 209 g/mol. The van der Waals surface area contributed by atoms with E-state index in [-0.39, 0.29) is 0 Å². The van der Waals surface area contributed by atoms with Gasteiger partial charge in [-0.05, 0) is 26.3 Å². The normalized spacial score (nSPS) is 23.3. The first-order valence-electron chi connectivity index (χ1n) is 5.49. The van der Waals surface area contributed by atoms with Gasteiger partial charge in [0.15, 0.2) is 0 Å². The minimum absolute atomic E-state index is 0.327. The predicted molar refractivity (Wildman–Crippen MR) is 58.2 cm³/mol. The summed E-state index contributed by atoms with van der Waals surface area (Å²) in [5, 5.41) is 8.22. The summed E-state index contributed by atoms with van der Waals surface area (Å²) in [4.78, 5) is 2.36. The summed E-state index contributed by atoms with van der Waals surface area (Å²) in [5.41, 5.74) is 5.94. The van der Waals surface area contributed by atoms with Crippen LogP contribution in [0, 0.1) is 6.92 Å². The van der Waals surface area contributed by atoms with Crippen molar-refractivity contribution in [1.29, 1.82) is 0 Å². The lowest BCUT2D eigenvalue weighted by atomic mass is 10.1. The van der Waals surface area contributed by atoms with E-state index in [1.54, 1.807) is 0 Å². The van der Waals surface area contributed by atoms with E-state index >= 15 is 0 Å². The molecule has 2 N–H and O–H groups in total. The third-order valence-electron chi connectivity index (χ3n) is 3.09. The van der Waals surface area contributed by atoms with Crippen molar-refractivity contribution in [2.24, 2.45) is 12.8 Å². The minimum Gasteiger partial charge on any atom is -0.327 e. The number of nitrogens with two attached hydrogens (primary N) is 1. The fraction of sp³-hybridized carbons (Fsp3) is 0.800. The lowest BCUT2D eigenvalue weighted by molar-refractivity contribution is 0.195. The van der Waals surface area contributed by atoms with E-state index in [2.05, 4.69) is 15.1 Å². The zero-order chi connectivity index (χ0) is 10.8. The van der Waals surface area contributed by atoms with Crippen molar-refractivity contribution in [2.75, 3.05) is 13.1 Å². The van der Waals surface area contributed by atoms with Crippen LogP contribution in [-0.4, -0.2) is 38.8 Å². The molecule has 1 atom stereocenters. The summed E-state index contributed by atoms with van der Waals surface area (Å²) in [6.45, 7) is 4.94. The maximum Gasteiger partial charge on any atom is 0.146 e. The zero-order valence-corrected chi connectivity index (χ0v) is 9.48. The summed E-state index contributed by atoms with van der Waals surface area (Å²) in [5.74, 6) is 1.99. The molecule has 1 fully saturated rings. The molecule has 1 saturated heterocycles. The lowest BCUT2D eigenvalue weighted by Crippen LogP contribution is -2.42. The van der Waals surface area contributed by atoms with Crippen molar-refractivity contribution in [3.63, 3.8) is 0 Å². The molecule has 0 radical (unpaired) electrons. The molecule has 1 aromatic heterocycles. The number of rotatable bonds is 2. The van der Waals surface area contributed by atoms with E-state index in [4.69, 9.17) is 5.73 Å². The van der Waals surface area contributed by atoms with E-state index < -0.39 is 0 Å². The number of aromatic nitrogens is 3. The number of aryl methyl sites for hydroxylation is 1. The first-order chi connectivity index (χ1) is 7.16. The van der Waals surface area contributed by atoms with Gasteiger partial charge in [-0.3, -0.25) is 4.90 Å². The van der Waals surface area contributed by atoms with Gasteiger partial charge in [-0.1, -0.05) is 0 Å². The van der Waals surface area contributed by atoms with Gasteiger partial charge in [0.1, 0.15) is 11.6 Å². The van der Waals surface area contributed by atoms with E-state index in [0.717, 1.165) is 37.7 Å². The molecule has 1 aliphatic heterocycles. The Bertz CT molecular complexity index is 333. The molecule has 1 unspecified atom stereocenters. The quantitative estimate of drug-likeness (QED) is 0.747. The highest BCUT2D eigenvalue weighted by Gasteiger charge is 2.18. The summed E-state index contributed by atoms with van der Waals surface area (Å²) < 4.78 is 2.04. The number of nitrogens with zero attached hydrogens (tertiary/aromatic N) is 4. The second-order valence-corrected chi connectivity index (χ2v) is 4.36. The van der Waals surface area contributed by atoms with Crippen LogP contribution in [0.1, 0.15) is 24.5 Å². The van der Waals surface area contributed by atoms with Crippen LogP contribution in [0.3, 0.4) is 0 Å². The van der Waals surface area contributed by atoms with Crippen LogP contribution in [0.15, 0.2) is 0 Å². The highest BCUT2D eigenvalue weighted by Crippen LogP contribution is 2.11. The Labute approximate surface area is 90.3 Å². The average Bonchev–Trinajstić information content (AvgIpc) is 2.50. The smallest absolute Gasteiger partial charge is 0.146 e. The summed E-state index contributed by atoms with van der Waals surface area (Å²) in [6.07, 6.45) is 2.34. The first kappa shape index (κ1) is 10.6. The Balaban J connectivity index is 1.99. The fourth-order valence-electron chi connectivity index (χ4n) is 2.02. The number of hydrogen-bond donors (Lipinski definition) is 1. The van der Waals surface area contributed by atoms with Crippen molar-refractivity contribution < 1.29 is 0 Å². The topological polar surface area (TPSA) is 60.0 Å². The largest absolute Gasteiger partial charge is 0.327 e. The Kier molecular flexibility index (Phi) is 3.02. The molecule has 15 heavy (non-hydrogen) atoms. The Morgan fingerprint density at radius 3 is 2.87 bits per heavy atom. The summed E-state index contributed by atoms with van der Waals surface area (Å²) >= 11 is 0. The first-order valence-corrected chi connectivity index (χ1v) is 5.49. The molecule has 84 valence electrons. The molecule has 5 nitrogen and oxygen atoms in total. The van der Waals surface area contributed by atoms with Crippen molar-refractivity contribution in [1.82, 2.24) is 19.7 Å². The molecular formula is C10H19N5. The monoisotopic (exact) mass is 209 g/mol. The molecule has 1 aliphatic rings. The molecule has 5 heteroatoms. The summed E-state index contributed by atoms with van der Waals surface area (Å²) in [7, 11) is 2.01. The molecular weight excluding hydrogens is 190 g/mol. The second-order valence-electron chi connectivity index (χ2n) is 4.36. The highest BCUT2D eigenvalue weighted by molar-refractivity contribution is 4.93. The highest BCUT2D eigenvalue weighted by atomic mass is 15.3. The van der Waals surface area contributed by atoms with E-state index in [1.807, 2.05) is 18.5 Å². The SMILES string of the molecule is Cc1nnc(CN2CCCC(N)C2)n1C. The maximum atomic E-state index is 5.94. The molecule has 0 bridgehead atoms. The van der Waals surface area contributed by atoms with Gasteiger partial charge in [0, 0.05) is 19.6 Å². The third-order valence-corrected chi connectivity index (χ3v) is 3.09. The lowest BCUT2D eigenvalue weighted by Gasteiger charge is -2.30. The maximum absolute atomic E-state index is 5.94. The van der Waals surface area contributed by atoms with Gasteiger partial charge in [-0.2, -0.15) is 0 Å². The molecule has 0 aromatic carbocycles. The molecule has 2 rings (SSSR count). The van der Waals surface area contributed by atoms with Gasteiger partial charge in [0.2, 0.25) is 0 Å². The Morgan fingerprint density at radius 1 is 1.47 bits per heavy atom. The van der Waals surface area contributed by atoms with Crippen LogP contribution in [0.25, 0.3) is 0 Å². The van der Waals surface area contributed by atoms with Crippen molar-refractivity contribution in [2.45, 2.75) is 32.4 Å². The van der Waals surface area contributed by atoms with Crippen LogP contribution in [0.5, 0.6) is 0 Å². The third kappa shape index (κ3) is 2.35. The molecule has 0 saturated carbocycles. The van der Waals surface area contributed by atoms with Crippen molar-refractivity contribution in [3.05, 3.63) is 11.6 Å². The number of likely N-dealkylation sites (tertiary alicyclic amines) is 1.